The Morgan fingerprint density at radius 3 is 2.56 bits per heavy atom. The van der Waals surface area contributed by atoms with Gasteiger partial charge in [-0.3, -0.25) is 9.59 Å². The molecule has 0 spiro atoms. The Morgan fingerprint density at radius 2 is 1.88 bits per heavy atom. The van der Waals surface area contributed by atoms with Crippen LogP contribution < -0.4 is 4.90 Å². The number of piperidine rings is 1. The highest BCUT2D eigenvalue weighted by atomic mass is 35.5. The number of ketones is 1. The van der Waals surface area contributed by atoms with Crippen LogP contribution in [0, 0.1) is 0 Å². The summed E-state index contributed by atoms with van der Waals surface area (Å²) in [6, 6.07) is 7.49. The van der Waals surface area contributed by atoms with Crippen molar-refractivity contribution in [2.45, 2.75) is 50.5 Å². The van der Waals surface area contributed by atoms with Gasteiger partial charge in [-0.05, 0) is 44.6 Å². The van der Waals surface area contributed by atoms with Crippen LogP contribution in [0.5, 0.6) is 0 Å². The average Bonchev–Trinajstić information content (AvgIpc) is 2.63. The third kappa shape index (κ3) is 3.61. The van der Waals surface area contributed by atoms with Crippen LogP contribution in [0.3, 0.4) is 0 Å². The molecule has 25 heavy (non-hydrogen) atoms. The van der Waals surface area contributed by atoms with Gasteiger partial charge in [0.1, 0.15) is 5.54 Å². The van der Waals surface area contributed by atoms with Gasteiger partial charge in [0.15, 0.2) is 12.3 Å². The first-order valence-corrected chi connectivity index (χ1v) is 9.82. The molecule has 1 aliphatic carbocycles. The summed E-state index contributed by atoms with van der Waals surface area (Å²) in [5, 5.41) is 0.572. The van der Waals surface area contributed by atoms with Crippen LogP contribution in [-0.4, -0.2) is 43.3 Å². The summed E-state index contributed by atoms with van der Waals surface area (Å²) >= 11 is 6.46. The highest BCUT2D eigenvalue weighted by molar-refractivity contribution is 6.31. The van der Waals surface area contributed by atoms with E-state index in [9.17, 15) is 9.59 Å². The molecule has 5 heteroatoms. The van der Waals surface area contributed by atoms with Crippen LogP contribution in [-0.2, 0) is 15.1 Å². The second-order valence-electron chi connectivity index (χ2n) is 7.41. The lowest BCUT2D eigenvalue weighted by atomic mass is 9.74. The molecule has 1 N–H and O–H groups in total. The van der Waals surface area contributed by atoms with Gasteiger partial charge < -0.3 is 9.80 Å². The predicted molar refractivity (Wildman–Crippen MR) is 98.8 cm³/mol. The first-order chi connectivity index (χ1) is 12.1. The molecule has 1 atom stereocenters. The third-order valence-corrected chi connectivity index (χ3v) is 6.21. The summed E-state index contributed by atoms with van der Waals surface area (Å²) in [6.45, 7) is 2.56. The Hall–Kier alpha value is -1.39. The summed E-state index contributed by atoms with van der Waals surface area (Å²) in [6.07, 6.45) is 6.62. The smallest absolute Gasteiger partial charge is 0.278 e. The van der Waals surface area contributed by atoms with E-state index >= 15 is 0 Å². The Kier molecular flexibility index (Phi) is 5.80. The summed E-state index contributed by atoms with van der Waals surface area (Å²) in [5.41, 5.74) is -0.117. The number of amides is 1. The van der Waals surface area contributed by atoms with Crippen LogP contribution in [0.1, 0.15) is 50.5 Å². The van der Waals surface area contributed by atoms with E-state index in [1.54, 1.807) is 11.9 Å². The summed E-state index contributed by atoms with van der Waals surface area (Å²) < 4.78 is 0. The van der Waals surface area contributed by atoms with Gasteiger partial charge in [-0.25, -0.2) is 0 Å². The van der Waals surface area contributed by atoms with E-state index < -0.39 is 5.54 Å². The minimum Gasteiger partial charge on any atom is -0.327 e. The van der Waals surface area contributed by atoms with E-state index in [0.717, 1.165) is 31.5 Å². The van der Waals surface area contributed by atoms with Gasteiger partial charge in [-0.1, -0.05) is 29.8 Å². The van der Waals surface area contributed by atoms with Gasteiger partial charge in [0.2, 0.25) is 0 Å². The van der Waals surface area contributed by atoms with Gasteiger partial charge in [-0.2, -0.15) is 0 Å². The topological polar surface area (TPSA) is 41.8 Å². The molecule has 2 fully saturated rings. The molecule has 1 saturated heterocycles. The molecule has 0 aromatic heterocycles. The number of hydrogen-bond acceptors (Lipinski definition) is 2. The molecule has 1 aromatic rings. The van der Waals surface area contributed by atoms with Crippen molar-refractivity contribution in [2.24, 2.45) is 0 Å². The Labute approximate surface area is 155 Å². The Bertz CT molecular complexity index is 642. The number of carbonyl (C=O) groups excluding carboxylic acids is 2. The van der Waals surface area contributed by atoms with Crippen molar-refractivity contribution >= 4 is 23.3 Å². The summed E-state index contributed by atoms with van der Waals surface area (Å²) in [7, 11) is 1.79. The van der Waals surface area contributed by atoms with E-state index in [0.29, 0.717) is 24.4 Å². The van der Waals surface area contributed by atoms with Crippen LogP contribution >= 0.6 is 11.6 Å². The van der Waals surface area contributed by atoms with Crippen molar-refractivity contribution in [3.63, 3.8) is 0 Å². The van der Waals surface area contributed by atoms with Crippen molar-refractivity contribution < 1.29 is 14.5 Å². The highest BCUT2D eigenvalue weighted by Gasteiger charge is 2.48. The second-order valence-corrected chi connectivity index (χ2v) is 7.82. The van der Waals surface area contributed by atoms with Gasteiger partial charge in [0, 0.05) is 24.1 Å². The maximum Gasteiger partial charge on any atom is 0.278 e. The molecular formula is C20H28ClN2O2+. The van der Waals surface area contributed by atoms with Crippen molar-refractivity contribution in [1.29, 1.82) is 0 Å². The van der Waals surface area contributed by atoms with Gasteiger partial charge in [-0.15, -0.1) is 0 Å². The van der Waals surface area contributed by atoms with Crippen LogP contribution in [0.2, 0.25) is 5.02 Å². The monoisotopic (exact) mass is 363 g/mol. The molecule has 0 radical (unpaired) electrons. The standard InChI is InChI=1S/C20H27ClN2O2/c1-22(19(25)15-23-13-7-2-8-14-23)20(12-6-5-11-18(20)24)16-9-3-4-10-17(16)21/h3-4,9-10H,2,5-8,11-15H2,1H3/p+1/t20-/m1/s1. The van der Waals surface area contributed by atoms with E-state index in [-0.39, 0.29) is 11.7 Å². The molecular weight excluding hydrogens is 336 g/mol. The molecule has 1 amide bonds. The number of carbonyl (C=O) groups is 2. The minimum absolute atomic E-state index is 0.0482. The van der Waals surface area contributed by atoms with Crippen molar-refractivity contribution in [3.8, 4) is 0 Å². The maximum atomic E-state index is 13.1. The van der Waals surface area contributed by atoms with Crippen LogP contribution in [0.15, 0.2) is 24.3 Å². The van der Waals surface area contributed by atoms with Crippen LogP contribution in [0.4, 0.5) is 0 Å². The lowest BCUT2D eigenvalue weighted by molar-refractivity contribution is -0.897. The summed E-state index contributed by atoms with van der Waals surface area (Å²) in [5.74, 6) is 0.170. The Balaban J connectivity index is 1.90. The number of Topliss-reactive ketones (excluding diaryl/α,β-unsaturated/α-hetero) is 1. The minimum atomic E-state index is -0.900. The quantitative estimate of drug-likeness (QED) is 0.891. The van der Waals surface area contributed by atoms with Gasteiger partial charge >= 0.3 is 0 Å². The number of likely N-dealkylation sites (N-methyl/N-ethyl adjacent to an activating group) is 1. The fraction of sp³-hybridized carbons (Fsp3) is 0.600. The average molecular weight is 364 g/mol. The first-order valence-electron chi connectivity index (χ1n) is 9.44. The normalized spacial score (nSPS) is 25.0. The van der Waals surface area contributed by atoms with E-state index in [4.69, 9.17) is 11.6 Å². The van der Waals surface area contributed by atoms with E-state index in [1.165, 1.54) is 24.2 Å². The van der Waals surface area contributed by atoms with Crippen molar-refractivity contribution in [1.82, 2.24) is 4.90 Å². The molecule has 136 valence electrons. The molecule has 1 saturated carbocycles. The predicted octanol–water partition coefficient (Wildman–Crippen LogP) is 2.21. The molecule has 2 aliphatic rings. The van der Waals surface area contributed by atoms with Crippen molar-refractivity contribution in [3.05, 3.63) is 34.9 Å². The summed E-state index contributed by atoms with van der Waals surface area (Å²) in [4.78, 5) is 29.1. The maximum absolute atomic E-state index is 13.1. The number of benzene rings is 1. The lowest BCUT2D eigenvalue weighted by Crippen LogP contribution is -3.14. The highest BCUT2D eigenvalue weighted by Crippen LogP contribution is 2.42. The Morgan fingerprint density at radius 1 is 1.16 bits per heavy atom. The number of quaternary nitrogens is 1. The van der Waals surface area contributed by atoms with Gasteiger partial charge in [0.25, 0.3) is 5.91 Å². The number of nitrogens with one attached hydrogen (secondary N) is 1. The third-order valence-electron chi connectivity index (χ3n) is 5.88. The van der Waals surface area contributed by atoms with Crippen molar-refractivity contribution in [2.75, 3.05) is 26.7 Å². The zero-order valence-corrected chi connectivity index (χ0v) is 15.8. The zero-order chi connectivity index (χ0) is 17.9. The van der Waals surface area contributed by atoms with E-state index in [1.807, 2.05) is 24.3 Å². The first kappa shape index (κ1) is 18.4. The number of hydrogen-bond donors (Lipinski definition) is 1. The van der Waals surface area contributed by atoms with Crippen LogP contribution in [0.25, 0.3) is 0 Å². The number of nitrogens with zero attached hydrogens (tertiary/aromatic N) is 1. The SMILES string of the molecule is CN(C(=O)C[NH+]1CCCCC1)[C@@]1(c2ccccc2Cl)CCCCC1=O. The van der Waals surface area contributed by atoms with E-state index in [2.05, 4.69) is 0 Å². The second kappa shape index (κ2) is 7.88. The lowest BCUT2D eigenvalue weighted by Gasteiger charge is -2.44. The number of rotatable bonds is 4. The van der Waals surface area contributed by atoms with Gasteiger partial charge in [0.05, 0.1) is 13.1 Å². The molecule has 0 unspecified atom stereocenters. The zero-order valence-electron chi connectivity index (χ0n) is 15.0. The fourth-order valence-electron chi connectivity index (χ4n) is 4.40. The molecule has 4 nitrogen and oxygen atoms in total. The molecule has 0 bridgehead atoms. The molecule has 3 rings (SSSR count). The number of halogens is 1. The number of likely N-dealkylation sites (tertiary alicyclic amines) is 1. The molecule has 1 heterocycles. The molecule has 1 aromatic carbocycles. The fourth-order valence-corrected chi connectivity index (χ4v) is 4.70. The largest absolute Gasteiger partial charge is 0.327 e. The molecule has 1 aliphatic heterocycles.